The molecular weight excluding hydrogens is 348 g/mol. The summed E-state index contributed by atoms with van der Waals surface area (Å²) < 4.78 is 5.11. The molecule has 0 unspecified atom stereocenters. The Bertz CT molecular complexity index is 855. The fourth-order valence-corrected chi connectivity index (χ4v) is 2.83. The summed E-state index contributed by atoms with van der Waals surface area (Å²) in [6, 6.07) is 7.86. The van der Waals surface area contributed by atoms with Gasteiger partial charge in [-0.1, -0.05) is 18.2 Å². The van der Waals surface area contributed by atoms with Gasteiger partial charge in [0, 0.05) is 11.4 Å². The van der Waals surface area contributed by atoms with E-state index in [1.54, 1.807) is 6.92 Å². The van der Waals surface area contributed by atoms with E-state index in [-0.39, 0.29) is 5.97 Å². The SMILES string of the molecule is CCOC(=O)c1c(C)[nH]c(/C(C)=N/NC(=S)Nc2ccccc2C)c1C. The van der Waals surface area contributed by atoms with Crippen LogP contribution in [0.3, 0.4) is 0 Å². The van der Waals surface area contributed by atoms with E-state index in [1.807, 2.05) is 52.0 Å². The highest BCUT2D eigenvalue weighted by molar-refractivity contribution is 7.80. The lowest BCUT2D eigenvalue weighted by Crippen LogP contribution is -2.25. The number of aromatic amines is 1. The summed E-state index contributed by atoms with van der Waals surface area (Å²) in [7, 11) is 0. The van der Waals surface area contributed by atoms with E-state index < -0.39 is 0 Å². The number of rotatable bonds is 5. The minimum Gasteiger partial charge on any atom is -0.462 e. The van der Waals surface area contributed by atoms with E-state index in [0.29, 0.717) is 23.0 Å². The first-order valence-corrected chi connectivity index (χ1v) is 8.79. The Hall–Kier alpha value is -2.67. The van der Waals surface area contributed by atoms with Crippen molar-refractivity contribution in [1.82, 2.24) is 10.4 Å². The minimum absolute atomic E-state index is 0.331. The van der Waals surface area contributed by atoms with Crippen molar-refractivity contribution in [3.63, 3.8) is 0 Å². The standard InChI is InChI=1S/C19H24N4O2S/c1-6-25-18(24)16-12(3)17(20-13(16)4)14(5)22-23-19(26)21-15-10-8-7-9-11(15)2/h7-10,20H,6H2,1-5H3,(H2,21,23,26)/b22-14+. The molecule has 138 valence electrons. The second-order valence-corrected chi connectivity index (χ2v) is 6.33. The van der Waals surface area contributed by atoms with Crippen LogP contribution in [-0.4, -0.2) is 28.4 Å². The third kappa shape index (κ3) is 4.49. The summed E-state index contributed by atoms with van der Waals surface area (Å²) in [4.78, 5) is 15.3. The third-order valence-corrected chi connectivity index (χ3v) is 4.19. The molecule has 3 N–H and O–H groups in total. The second kappa shape index (κ2) is 8.62. The van der Waals surface area contributed by atoms with Gasteiger partial charge in [-0.05, 0) is 64.0 Å². The number of nitrogens with zero attached hydrogens (tertiary/aromatic N) is 1. The van der Waals surface area contributed by atoms with E-state index in [9.17, 15) is 4.79 Å². The zero-order chi connectivity index (χ0) is 19.3. The molecule has 6 nitrogen and oxygen atoms in total. The van der Waals surface area contributed by atoms with Crippen LogP contribution in [0.2, 0.25) is 0 Å². The van der Waals surface area contributed by atoms with Crippen LogP contribution >= 0.6 is 12.2 Å². The van der Waals surface area contributed by atoms with Crippen molar-refractivity contribution in [3.8, 4) is 0 Å². The number of ether oxygens (including phenoxy) is 1. The average Bonchev–Trinajstić information content (AvgIpc) is 2.89. The van der Waals surface area contributed by atoms with Crippen molar-refractivity contribution in [3.05, 3.63) is 52.3 Å². The first-order chi connectivity index (χ1) is 12.3. The monoisotopic (exact) mass is 372 g/mol. The van der Waals surface area contributed by atoms with Gasteiger partial charge in [0.15, 0.2) is 5.11 Å². The summed E-state index contributed by atoms with van der Waals surface area (Å²) >= 11 is 5.29. The molecule has 0 aliphatic heterocycles. The van der Waals surface area contributed by atoms with Gasteiger partial charge in [-0.2, -0.15) is 5.10 Å². The molecule has 1 aromatic carbocycles. The molecule has 0 aliphatic rings. The first kappa shape index (κ1) is 19.7. The maximum atomic E-state index is 12.1. The van der Waals surface area contributed by atoms with Gasteiger partial charge in [0.2, 0.25) is 0 Å². The van der Waals surface area contributed by atoms with Gasteiger partial charge in [-0.15, -0.1) is 0 Å². The number of anilines is 1. The number of H-pyrrole nitrogens is 1. The Morgan fingerprint density at radius 3 is 2.62 bits per heavy atom. The minimum atomic E-state index is -0.331. The highest BCUT2D eigenvalue weighted by Gasteiger charge is 2.20. The lowest BCUT2D eigenvalue weighted by Gasteiger charge is -2.10. The molecule has 2 rings (SSSR count). The number of para-hydroxylation sites is 1. The van der Waals surface area contributed by atoms with Crippen LogP contribution in [0.4, 0.5) is 5.69 Å². The molecule has 0 radical (unpaired) electrons. The van der Waals surface area contributed by atoms with E-state index in [4.69, 9.17) is 17.0 Å². The second-order valence-electron chi connectivity index (χ2n) is 5.92. The molecule has 0 atom stereocenters. The van der Waals surface area contributed by atoms with Crippen molar-refractivity contribution in [1.29, 1.82) is 0 Å². The normalized spacial score (nSPS) is 11.2. The molecule has 0 saturated carbocycles. The summed E-state index contributed by atoms with van der Waals surface area (Å²) in [6.07, 6.45) is 0. The zero-order valence-corrected chi connectivity index (χ0v) is 16.5. The van der Waals surface area contributed by atoms with Crippen molar-refractivity contribution < 1.29 is 9.53 Å². The number of hydrogen-bond acceptors (Lipinski definition) is 4. The summed E-state index contributed by atoms with van der Waals surface area (Å²) in [5.74, 6) is -0.331. The van der Waals surface area contributed by atoms with Crippen LogP contribution in [-0.2, 0) is 4.74 Å². The molecule has 7 heteroatoms. The van der Waals surface area contributed by atoms with Crippen LogP contribution < -0.4 is 10.7 Å². The van der Waals surface area contributed by atoms with Crippen LogP contribution in [0.25, 0.3) is 0 Å². The highest BCUT2D eigenvalue weighted by Crippen LogP contribution is 2.19. The number of benzene rings is 1. The van der Waals surface area contributed by atoms with Crippen LogP contribution in [0, 0.1) is 20.8 Å². The fourth-order valence-electron chi connectivity index (χ4n) is 2.68. The molecule has 0 bridgehead atoms. The molecule has 0 amide bonds. The van der Waals surface area contributed by atoms with E-state index >= 15 is 0 Å². The van der Waals surface area contributed by atoms with Gasteiger partial charge < -0.3 is 15.0 Å². The lowest BCUT2D eigenvalue weighted by atomic mass is 10.1. The molecule has 0 spiro atoms. The maximum Gasteiger partial charge on any atom is 0.340 e. The first-order valence-electron chi connectivity index (χ1n) is 8.38. The number of carbonyl (C=O) groups excluding carboxylic acids is 1. The average molecular weight is 372 g/mol. The van der Waals surface area contributed by atoms with Gasteiger partial charge in [0.25, 0.3) is 0 Å². The van der Waals surface area contributed by atoms with Gasteiger partial charge in [0.05, 0.1) is 23.6 Å². The van der Waals surface area contributed by atoms with Crippen molar-refractivity contribution >= 4 is 34.7 Å². The topological polar surface area (TPSA) is 78.5 Å². The Labute approximate surface area is 159 Å². The van der Waals surface area contributed by atoms with Gasteiger partial charge in [0.1, 0.15) is 0 Å². The number of aryl methyl sites for hydroxylation is 2. The summed E-state index contributed by atoms with van der Waals surface area (Å²) in [5.41, 5.74) is 8.43. The highest BCUT2D eigenvalue weighted by atomic mass is 32.1. The quantitative estimate of drug-likeness (QED) is 0.322. The smallest absolute Gasteiger partial charge is 0.340 e. The number of nitrogens with one attached hydrogen (secondary N) is 3. The Kier molecular flexibility index (Phi) is 6.52. The summed E-state index contributed by atoms with van der Waals surface area (Å²) in [6.45, 7) is 9.68. The van der Waals surface area contributed by atoms with Crippen molar-refractivity contribution in [2.24, 2.45) is 5.10 Å². The molecule has 1 heterocycles. The molecule has 0 fully saturated rings. The number of esters is 1. The van der Waals surface area contributed by atoms with Crippen LogP contribution in [0.5, 0.6) is 0 Å². The van der Waals surface area contributed by atoms with Gasteiger partial charge in [-0.3, -0.25) is 5.43 Å². The van der Waals surface area contributed by atoms with Gasteiger partial charge >= 0.3 is 5.97 Å². The molecule has 26 heavy (non-hydrogen) atoms. The largest absolute Gasteiger partial charge is 0.462 e. The number of hydrogen-bond donors (Lipinski definition) is 3. The Morgan fingerprint density at radius 2 is 1.96 bits per heavy atom. The van der Waals surface area contributed by atoms with E-state index in [2.05, 4.69) is 20.8 Å². The fraction of sp³-hybridized carbons (Fsp3) is 0.316. The summed E-state index contributed by atoms with van der Waals surface area (Å²) in [5, 5.41) is 7.83. The molecule has 0 aliphatic carbocycles. The molecule has 2 aromatic rings. The Balaban J connectivity index is 2.12. The predicted octanol–water partition coefficient (Wildman–Crippen LogP) is 3.83. The molecule has 0 saturated heterocycles. The predicted molar refractivity (Wildman–Crippen MR) is 109 cm³/mol. The van der Waals surface area contributed by atoms with Crippen LogP contribution in [0.1, 0.15) is 46.7 Å². The zero-order valence-electron chi connectivity index (χ0n) is 15.7. The van der Waals surface area contributed by atoms with Gasteiger partial charge in [-0.25, -0.2) is 4.79 Å². The lowest BCUT2D eigenvalue weighted by molar-refractivity contribution is 0.0525. The van der Waals surface area contributed by atoms with E-state index in [1.165, 1.54) is 0 Å². The van der Waals surface area contributed by atoms with E-state index in [0.717, 1.165) is 28.2 Å². The maximum absolute atomic E-state index is 12.1. The number of aromatic nitrogens is 1. The molecular formula is C19H24N4O2S. The number of carbonyl (C=O) groups is 1. The van der Waals surface area contributed by atoms with Crippen LogP contribution in [0.15, 0.2) is 29.4 Å². The Morgan fingerprint density at radius 1 is 1.27 bits per heavy atom. The molecule has 1 aromatic heterocycles. The number of thiocarbonyl (C=S) groups is 1. The van der Waals surface area contributed by atoms with Crippen molar-refractivity contribution in [2.75, 3.05) is 11.9 Å². The third-order valence-electron chi connectivity index (χ3n) is 4.00. The number of hydrazone groups is 1. The van der Waals surface area contributed by atoms with Crippen molar-refractivity contribution in [2.45, 2.75) is 34.6 Å².